The molecule has 0 aliphatic carbocycles. The number of aromatic nitrogens is 1. The molecule has 3 rings (SSSR count). The first-order chi connectivity index (χ1) is 13.3. The molecule has 5 nitrogen and oxygen atoms in total. The first-order valence-electron chi connectivity index (χ1n) is 8.93. The van der Waals surface area contributed by atoms with Crippen LogP contribution in [0.5, 0.6) is 0 Å². The Labute approximate surface area is 164 Å². The lowest BCUT2D eigenvalue weighted by Gasteiger charge is -2.10. The van der Waals surface area contributed by atoms with E-state index >= 15 is 0 Å². The Bertz CT molecular complexity index is 859. The second kappa shape index (κ2) is 9.83. The van der Waals surface area contributed by atoms with Gasteiger partial charge >= 0.3 is 0 Å². The Kier molecular flexibility index (Phi) is 6.93. The van der Waals surface area contributed by atoms with Crippen molar-refractivity contribution in [3.8, 4) is 11.5 Å². The highest BCUT2D eigenvalue weighted by Gasteiger charge is 2.07. The fraction of sp³-hybridized carbons (Fsp3) is 0.238. The first kappa shape index (κ1) is 19.0. The molecule has 0 aliphatic heterocycles. The molecular formula is C21H24N4OS. The van der Waals surface area contributed by atoms with Crippen LogP contribution in [-0.2, 0) is 13.1 Å². The summed E-state index contributed by atoms with van der Waals surface area (Å²) in [5.74, 6) is 1.39. The van der Waals surface area contributed by atoms with Crippen molar-refractivity contribution >= 4 is 17.7 Å². The number of guanidine groups is 1. The molecule has 0 spiro atoms. The lowest BCUT2D eigenvalue weighted by molar-refractivity contribution is 0.572. The van der Waals surface area contributed by atoms with Gasteiger partial charge in [0.15, 0.2) is 5.96 Å². The van der Waals surface area contributed by atoms with Gasteiger partial charge in [-0.3, -0.25) is 0 Å². The highest BCUT2D eigenvalue weighted by molar-refractivity contribution is 7.98. The highest BCUT2D eigenvalue weighted by Crippen LogP contribution is 2.18. The normalized spacial score (nSPS) is 11.4. The molecule has 3 aromatic rings. The molecule has 140 valence electrons. The summed E-state index contributed by atoms with van der Waals surface area (Å²) in [4.78, 5) is 10.4. The lowest BCUT2D eigenvalue weighted by Crippen LogP contribution is -2.36. The number of aliphatic imine (C=N–C) groups is 1. The third-order valence-corrected chi connectivity index (χ3v) is 4.68. The van der Waals surface area contributed by atoms with Crippen molar-refractivity contribution in [2.24, 2.45) is 4.99 Å². The van der Waals surface area contributed by atoms with Crippen LogP contribution in [0, 0.1) is 0 Å². The van der Waals surface area contributed by atoms with Crippen LogP contribution in [0.3, 0.4) is 0 Å². The number of hydrogen-bond donors (Lipinski definition) is 2. The quantitative estimate of drug-likeness (QED) is 0.363. The van der Waals surface area contributed by atoms with Crippen LogP contribution >= 0.6 is 11.8 Å². The Morgan fingerprint density at radius 2 is 1.85 bits per heavy atom. The van der Waals surface area contributed by atoms with Crippen molar-refractivity contribution in [2.75, 3.05) is 12.8 Å². The third kappa shape index (κ3) is 5.62. The number of rotatable bonds is 7. The zero-order valence-electron chi connectivity index (χ0n) is 15.6. The molecule has 0 amide bonds. The largest absolute Gasteiger partial charge is 0.444 e. The molecule has 1 aromatic heterocycles. The van der Waals surface area contributed by atoms with E-state index in [0.717, 1.165) is 23.8 Å². The minimum atomic E-state index is 0.549. The van der Waals surface area contributed by atoms with Crippen LogP contribution in [0.25, 0.3) is 11.5 Å². The van der Waals surface area contributed by atoms with Crippen LogP contribution in [0.15, 0.2) is 75.2 Å². The van der Waals surface area contributed by atoms with Crippen molar-refractivity contribution in [1.82, 2.24) is 15.6 Å². The van der Waals surface area contributed by atoms with Gasteiger partial charge in [0, 0.05) is 17.0 Å². The molecule has 2 aromatic carbocycles. The maximum Gasteiger partial charge on any atom is 0.226 e. The van der Waals surface area contributed by atoms with E-state index in [4.69, 9.17) is 4.42 Å². The topological polar surface area (TPSA) is 62.5 Å². The molecule has 0 radical (unpaired) electrons. The molecule has 0 saturated carbocycles. The average Bonchev–Trinajstić information content (AvgIpc) is 3.20. The van der Waals surface area contributed by atoms with Crippen LogP contribution < -0.4 is 10.6 Å². The molecule has 6 heteroatoms. The fourth-order valence-electron chi connectivity index (χ4n) is 2.52. The van der Waals surface area contributed by atoms with Gasteiger partial charge in [-0.25, -0.2) is 9.98 Å². The number of benzene rings is 2. The van der Waals surface area contributed by atoms with E-state index in [2.05, 4.69) is 51.1 Å². The van der Waals surface area contributed by atoms with Crippen LogP contribution in [0.1, 0.15) is 18.2 Å². The van der Waals surface area contributed by atoms with Crippen LogP contribution in [-0.4, -0.2) is 23.7 Å². The summed E-state index contributed by atoms with van der Waals surface area (Å²) in [6.45, 7) is 4.02. The number of thioether (sulfide) groups is 1. The van der Waals surface area contributed by atoms with Crippen molar-refractivity contribution in [3.63, 3.8) is 0 Å². The fourth-order valence-corrected chi connectivity index (χ4v) is 2.93. The lowest BCUT2D eigenvalue weighted by atomic mass is 10.2. The third-order valence-electron chi connectivity index (χ3n) is 3.93. The molecule has 0 bridgehead atoms. The standard InChI is InChI=1S/C21H24N4OS/c1-3-22-21(23-13-16-9-11-19(27-2)12-10-16)24-14-18-15-26-20(25-18)17-7-5-4-6-8-17/h4-12,15H,3,13-14H2,1-2H3,(H2,22,23,24). The minimum absolute atomic E-state index is 0.549. The average molecular weight is 381 g/mol. The zero-order chi connectivity index (χ0) is 18.9. The molecule has 1 heterocycles. The second-order valence-electron chi connectivity index (χ2n) is 5.91. The van der Waals surface area contributed by atoms with Gasteiger partial charge in [0.25, 0.3) is 0 Å². The van der Waals surface area contributed by atoms with Crippen molar-refractivity contribution in [3.05, 3.63) is 72.1 Å². The summed E-state index contributed by atoms with van der Waals surface area (Å²) in [6.07, 6.45) is 3.76. The van der Waals surface area contributed by atoms with Crippen molar-refractivity contribution in [2.45, 2.75) is 24.9 Å². The molecule has 0 saturated heterocycles. The van der Waals surface area contributed by atoms with Gasteiger partial charge in [-0.2, -0.15) is 0 Å². The van der Waals surface area contributed by atoms with Crippen LogP contribution in [0.2, 0.25) is 0 Å². The molecular weight excluding hydrogens is 356 g/mol. The van der Waals surface area contributed by atoms with E-state index in [-0.39, 0.29) is 0 Å². The summed E-state index contributed by atoms with van der Waals surface area (Å²) in [5, 5.41) is 6.57. The summed E-state index contributed by atoms with van der Waals surface area (Å²) in [5.41, 5.74) is 2.99. The molecule has 0 fully saturated rings. The number of hydrogen-bond acceptors (Lipinski definition) is 4. The van der Waals surface area contributed by atoms with E-state index in [9.17, 15) is 0 Å². The maximum atomic E-state index is 5.58. The van der Waals surface area contributed by atoms with E-state index in [1.807, 2.05) is 37.3 Å². The molecule has 0 unspecified atom stereocenters. The number of oxazole rings is 1. The summed E-state index contributed by atoms with van der Waals surface area (Å²) >= 11 is 1.74. The molecule has 0 atom stereocenters. The smallest absolute Gasteiger partial charge is 0.226 e. The summed E-state index contributed by atoms with van der Waals surface area (Å²) in [6, 6.07) is 18.4. The highest BCUT2D eigenvalue weighted by atomic mass is 32.2. The molecule has 2 N–H and O–H groups in total. The molecule has 0 aliphatic rings. The van der Waals surface area contributed by atoms with Gasteiger partial charge in [-0.1, -0.05) is 30.3 Å². The van der Waals surface area contributed by atoms with Gasteiger partial charge < -0.3 is 15.1 Å². The monoisotopic (exact) mass is 380 g/mol. The summed E-state index contributed by atoms with van der Waals surface area (Å²) < 4.78 is 5.58. The van der Waals surface area contributed by atoms with E-state index in [1.54, 1.807) is 18.0 Å². The van der Waals surface area contributed by atoms with Crippen molar-refractivity contribution < 1.29 is 4.42 Å². The Morgan fingerprint density at radius 1 is 1.07 bits per heavy atom. The van der Waals surface area contributed by atoms with E-state index in [0.29, 0.717) is 19.0 Å². The molecule has 27 heavy (non-hydrogen) atoms. The Hall–Kier alpha value is -2.73. The maximum absolute atomic E-state index is 5.58. The van der Waals surface area contributed by atoms with Gasteiger partial charge in [-0.15, -0.1) is 11.8 Å². The van der Waals surface area contributed by atoms with Gasteiger partial charge in [0.05, 0.1) is 18.8 Å². The Balaban J connectivity index is 1.60. The number of nitrogens with zero attached hydrogens (tertiary/aromatic N) is 2. The SMILES string of the molecule is CCNC(=NCc1ccc(SC)cc1)NCc1coc(-c2ccccc2)n1. The first-order valence-corrected chi connectivity index (χ1v) is 10.2. The van der Waals surface area contributed by atoms with E-state index < -0.39 is 0 Å². The van der Waals surface area contributed by atoms with Crippen LogP contribution in [0.4, 0.5) is 0 Å². The Morgan fingerprint density at radius 3 is 2.56 bits per heavy atom. The minimum Gasteiger partial charge on any atom is -0.444 e. The summed E-state index contributed by atoms with van der Waals surface area (Å²) in [7, 11) is 0. The predicted octanol–water partition coefficient (Wildman–Crippen LogP) is 4.32. The van der Waals surface area contributed by atoms with Gasteiger partial charge in [0.2, 0.25) is 5.89 Å². The predicted molar refractivity (Wildman–Crippen MR) is 112 cm³/mol. The van der Waals surface area contributed by atoms with Gasteiger partial charge in [-0.05, 0) is 43.0 Å². The van der Waals surface area contributed by atoms with E-state index in [1.165, 1.54) is 10.5 Å². The van der Waals surface area contributed by atoms with Crippen molar-refractivity contribution in [1.29, 1.82) is 0 Å². The second-order valence-corrected chi connectivity index (χ2v) is 6.79. The van der Waals surface area contributed by atoms with Gasteiger partial charge in [0.1, 0.15) is 6.26 Å². The zero-order valence-corrected chi connectivity index (χ0v) is 16.4. The number of nitrogens with one attached hydrogen (secondary N) is 2.